The molecule has 196 valence electrons. The average Bonchev–Trinajstić information content (AvgIpc) is 3.27. The minimum atomic E-state index is -1.03. The summed E-state index contributed by atoms with van der Waals surface area (Å²) in [5.41, 5.74) is 0.713. The maximum atomic E-state index is 14.0. The average molecular weight is 509 g/mol. The predicted octanol–water partition coefficient (Wildman–Crippen LogP) is 2.38. The molecular formula is C28H33FN4O4. The van der Waals surface area contributed by atoms with Gasteiger partial charge in [-0.2, -0.15) is 0 Å². The van der Waals surface area contributed by atoms with Gasteiger partial charge in [-0.25, -0.2) is 4.39 Å². The number of hydrogen-bond donors (Lipinski definition) is 0. The lowest BCUT2D eigenvalue weighted by Gasteiger charge is -2.45. The van der Waals surface area contributed by atoms with Crippen molar-refractivity contribution in [1.29, 1.82) is 0 Å². The number of piperazine rings is 1. The van der Waals surface area contributed by atoms with E-state index in [0.29, 0.717) is 44.6 Å². The summed E-state index contributed by atoms with van der Waals surface area (Å²) in [5, 5.41) is 0. The molecule has 1 atom stereocenters. The summed E-state index contributed by atoms with van der Waals surface area (Å²) in [5.74, 6) is -1.14. The number of amides is 3. The number of likely N-dealkylation sites (tertiary alicyclic amines) is 1. The van der Waals surface area contributed by atoms with Crippen molar-refractivity contribution in [2.24, 2.45) is 0 Å². The van der Waals surface area contributed by atoms with E-state index in [1.807, 2.05) is 38.2 Å². The van der Waals surface area contributed by atoms with Gasteiger partial charge in [0.1, 0.15) is 17.6 Å². The van der Waals surface area contributed by atoms with Crippen molar-refractivity contribution in [3.63, 3.8) is 0 Å². The highest BCUT2D eigenvalue weighted by atomic mass is 19.1. The molecule has 0 aliphatic carbocycles. The van der Waals surface area contributed by atoms with E-state index in [4.69, 9.17) is 4.74 Å². The quantitative estimate of drug-likeness (QED) is 0.637. The molecule has 0 N–H and O–H groups in total. The van der Waals surface area contributed by atoms with E-state index in [-0.39, 0.29) is 24.0 Å². The second-order valence-electron chi connectivity index (χ2n) is 10.2. The Hall–Kier alpha value is -3.30. The van der Waals surface area contributed by atoms with Gasteiger partial charge < -0.3 is 19.4 Å². The number of halogens is 1. The van der Waals surface area contributed by atoms with Gasteiger partial charge in [0.05, 0.1) is 6.61 Å². The van der Waals surface area contributed by atoms with Crippen molar-refractivity contribution in [2.75, 3.05) is 52.9 Å². The van der Waals surface area contributed by atoms with Gasteiger partial charge in [0.25, 0.3) is 11.8 Å². The van der Waals surface area contributed by atoms with Crippen molar-refractivity contribution in [3.05, 3.63) is 71.0 Å². The Bertz CT molecular complexity index is 1190. The Labute approximate surface area is 216 Å². The first-order valence-corrected chi connectivity index (χ1v) is 12.8. The lowest BCUT2D eigenvalue weighted by molar-refractivity contribution is -0.139. The number of benzene rings is 2. The fourth-order valence-corrected chi connectivity index (χ4v) is 5.60. The van der Waals surface area contributed by atoms with Crippen LogP contribution >= 0.6 is 0 Å². The van der Waals surface area contributed by atoms with Gasteiger partial charge in [-0.15, -0.1) is 0 Å². The molecule has 2 aromatic rings. The van der Waals surface area contributed by atoms with E-state index in [0.717, 1.165) is 18.7 Å². The van der Waals surface area contributed by atoms with Gasteiger partial charge in [0, 0.05) is 63.2 Å². The molecule has 0 aromatic heterocycles. The second kappa shape index (κ2) is 10.2. The van der Waals surface area contributed by atoms with E-state index in [2.05, 4.69) is 4.90 Å². The van der Waals surface area contributed by atoms with Gasteiger partial charge in [0.2, 0.25) is 5.91 Å². The fraction of sp³-hybridized carbons (Fsp3) is 0.464. The van der Waals surface area contributed by atoms with Crippen molar-refractivity contribution < 1.29 is 23.5 Å². The van der Waals surface area contributed by atoms with Crippen molar-refractivity contribution in [2.45, 2.75) is 31.5 Å². The SMILES string of the molecule is Cc1ccccc1C(=O)N1CCC2(CC1)OC[C@H](C(=O)N1CCN(C)CC1)N2C(=O)c1cccc(F)c1. The Morgan fingerprint density at radius 3 is 2.27 bits per heavy atom. The highest BCUT2D eigenvalue weighted by molar-refractivity contribution is 5.99. The summed E-state index contributed by atoms with van der Waals surface area (Å²) in [7, 11) is 2.02. The number of hydrogen-bond acceptors (Lipinski definition) is 5. The van der Waals surface area contributed by atoms with Gasteiger partial charge >= 0.3 is 0 Å². The fourth-order valence-electron chi connectivity index (χ4n) is 5.60. The molecule has 3 fully saturated rings. The topological polar surface area (TPSA) is 73.4 Å². The Morgan fingerprint density at radius 2 is 1.59 bits per heavy atom. The number of nitrogens with zero attached hydrogens (tertiary/aromatic N) is 4. The van der Waals surface area contributed by atoms with E-state index < -0.39 is 23.5 Å². The van der Waals surface area contributed by atoms with Crippen LogP contribution in [0.5, 0.6) is 0 Å². The molecule has 0 unspecified atom stereocenters. The molecule has 3 aliphatic heterocycles. The number of piperidine rings is 1. The molecule has 8 nitrogen and oxygen atoms in total. The monoisotopic (exact) mass is 508 g/mol. The Kier molecular flexibility index (Phi) is 7.00. The zero-order valence-electron chi connectivity index (χ0n) is 21.4. The van der Waals surface area contributed by atoms with Crippen molar-refractivity contribution in [3.8, 4) is 0 Å². The van der Waals surface area contributed by atoms with Gasteiger partial charge in [-0.1, -0.05) is 24.3 Å². The zero-order chi connectivity index (χ0) is 26.2. The van der Waals surface area contributed by atoms with Crippen LogP contribution in [0.1, 0.15) is 39.1 Å². The molecule has 3 amide bonds. The third kappa shape index (κ3) is 4.85. The molecule has 0 radical (unpaired) electrons. The van der Waals surface area contributed by atoms with Crippen LogP contribution < -0.4 is 0 Å². The van der Waals surface area contributed by atoms with E-state index in [1.165, 1.54) is 23.1 Å². The zero-order valence-corrected chi connectivity index (χ0v) is 21.4. The summed E-state index contributed by atoms with van der Waals surface area (Å²) in [6.07, 6.45) is 0.746. The lowest BCUT2D eigenvalue weighted by Crippen LogP contribution is -2.61. The van der Waals surface area contributed by atoms with Crippen LogP contribution in [0.2, 0.25) is 0 Å². The number of likely N-dealkylation sites (N-methyl/N-ethyl adjacent to an activating group) is 1. The molecule has 3 saturated heterocycles. The maximum Gasteiger partial charge on any atom is 0.256 e. The summed E-state index contributed by atoms with van der Waals surface area (Å²) < 4.78 is 20.3. The highest BCUT2D eigenvalue weighted by Gasteiger charge is 2.55. The first kappa shape index (κ1) is 25.4. The minimum absolute atomic E-state index is 0.0565. The molecule has 37 heavy (non-hydrogen) atoms. The number of ether oxygens (including phenoxy) is 1. The third-order valence-corrected chi connectivity index (χ3v) is 7.86. The van der Waals surface area contributed by atoms with Gasteiger partial charge in [-0.3, -0.25) is 19.3 Å². The Balaban J connectivity index is 1.40. The number of rotatable bonds is 3. The van der Waals surface area contributed by atoms with Crippen molar-refractivity contribution in [1.82, 2.24) is 19.6 Å². The number of aryl methyl sites for hydroxylation is 1. The molecule has 2 aromatic carbocycles. The maximum absolute atomic E-state index is 14.0. The smallest absolute Gasteiger partial charge is 0.256 e. The summed E-state index contributed by atoms with van der Waals surface area (Å²) in [6.45, 7) is 5.45. The summed E-state index contributed by atoms with van der Waals surface area (Å²) in [6, 6.07) is 12.2. The molecule has 1 spiro atoms. The van der Waals surface area contributed by atoms with Crippen LogP contribution in [0.25, 0.3) is 0 Å². The second-order valence-corrected chi connectivity index (χ2v) is 10.2. The van der Waals surface area contributed by atoms with Crippen LogP contribution in [0.4, 0.5) is 4.39 Å². The van der Waals surface area contributed by atoms with Crippen LogP contribution in [0, 0.1) is 12.7 Å². The molecule has 9 heteroatoms. The van der Waals surface area contributed by atoms with Gasteiger partial charge in [0.15, 0.2) is 0 Å². The summed E-state index contributed by atoms with van der Waals surface area (Å²) in [4.78, 5) is 47.9. The standard InChI is InChI=1S/C28H33FN4O4/c1-20-6-3-4-9-23(20)26(35)31-12-10-28(11-13-31)33(25(34)21-7-5-8-22(29)18-21)24(19-37-28)27(36)32-16-14-30(2)15-17-32/h3-9,18,24H,10-17,19H2,1-2H3/t24-/m1/s1. The van der Waals surface area contributed by atoms with Crippen LogP contribution in [0.3, 0.4) is 0 Å². The van der Waals surface area contributed by atoms with Crippen LogP contribution in [0.15, 0.2) is 48.5 Å². The molecule has 3 heterocycles. The van der Waals surface area contributed by atoms with E-state index in [9.17, 15) is 18.8 Å². The Morgan fingerprint density at radius 1 is 0.892 bits per heavy atom. The lowest BCUT2D eigenvalue weighted by atomic mass is 9.95. The highest BCUT2D eigenvalue weighted by Crippen LogP contribution is 2.39. The molecule has 0 bridgehead atoms. The largest absolute Gasteiger partial charge is 0.353 e. The van der Waals surface area contributed by atoms with Crippen LogP contribution in [-0.2, 0) is 9.53 Å². The normalized spacial score (nSPS) is 21.9. The predicted molar refractivity (Wildman–Crippen MR) is 135 cm³/mol. The minimum Gasteiger partial charge on any atom is -0.353 e. The summed E-state index contributed by atoms with van der Waals surface area (Å²) >= 11 is 0. The van der Waals surface area contributed by atoms with Crippen molar-refractivity contribution >= 4 is 17.7 Å². The molecular weight excluding hydrogens is 475 g/mol. The molecule has 0 saturated carbocycles. The third-order valence-electron chi connectivity index (χ3n) is 7.86. The molecule has 5 rings (SSSR count). The van der Waals surface area contributed by atoms with E-state index in [1.54, 1.807) is 15.9 Å². The van der Waals surface area contributed by atoms with Gasteiger partial charge in [-0.05, 0) is 43.8 Å². The number of carbonyl (C=O) groups is 3. The molecule has 3 aliphatic rings. The first-order valence-electron chi connectivity index (χ1n) is 12.8. The van der Waals surface area contributed by atoms with E-state index >= 15 is 0 Å². The first-order chi connectivity index (χ1) is 17.8. The number of carbonyl (C=O) groups excluding carboxylic acids is 3. The van der Waals surface area contributed by atoms with Crippen LogP contribution in [-0.4, -0.2) is 102 Å².